The first-order chi connectivity index (χ1) is 9.53. The summed E-state index contributed by atoms with van der Waals surface area (Å²) in [5, 5.41) is 3.08. The Morgan fingerprint density at radius 3 is 2.55 bits per heavy atom. The van der Waals surface area contributed by atoms with Crippen LogP contribution in [0.2, 0.25) is 0 Å². The summed E-state index contributed by atoms with van der Waals surface area (Å²) in [5.74, 6) is 1.88. The van der Waals surface area contributed by atoms with Gasteiger partial charge in [0.1, 0.15) is 0 Å². The number of thioether (sulfide) groups is 1. The predicted octanol–water partition coefficient (Wildman–Crippen LogP) is 1.67. The van der Waals surface area contributed by atoms with Crippen molar-refractivity contribution in [2.45, 2.75) is 25.3 Å². The summed E-state index contributed by atoms with van der Waals surface area (Å²) >= 11 is 1.82. The summed E-state index contributed by atoms with van der Waals surface area (Å²) in [4.78, 5) is 0. The van der Waals surface area contributed by atoms with Crippen molar-refractivity contribution in [3.8, 4) is 0 Å². The number of rotatable bonds is 5. The second kappa shape index (κ2) is 6.93. The standard InChI is InChI=1S/C14H22N2O2S2/c1-12-10-19-8-7-16(12)20(17,18)11-14-5-3-13(4-6-14)9-15-2/h3-6,12,15H,7-11H2,1-2H3. The van der Waals surface area contributed by atoms with Crippen LogP contribution in [0.3, 0.4) is 0 Å². The van der Waals surface area contributed by atoms with Gasteiger partial charge in [0.25, 0.3) is 0 Å². The number of nitrogens with zero attached hydrogens (tertiary/aromatic N) is 1. The molecule has 1 saturated heterocycles. The van der Waals surface area contributed by atoms with Crippen molar-refractivity contribution in [1.29, 1.82) is 0 Å². The third kappa shape index (κ3) is 3.97. The van der Waals surface area contributed by atoms with Crippen molar-refractivity contribution in [3.63, 3.8) is 0 Å². The molecule has 0 amide bonds. The van der Waals surface area contributed by atoms with Gasteiger partial charge in [0.05, 0.1) is 5.75 Å². The molecule has 1 aromatic carbocycles. The molecule has 0 saturated carbocycles. The minimum Gasteiger partial charge on any atom is -0.316 e. The van der Waals surface area contributed by atoms with E-state index in [4.69, 9.17) is 0 Å². The van der Waals surface area contributed by atoms with Crippen LogP contribution in [0.1, 0.15) is 18.1 Å². The molecule has 1 atom stereocenters. The zero-order valence-corrected chi connectivity index (χ0v) is 13.6. The second-order valence-electron chi connectivity index (χ2n) is 5.14. The molecule has 0 bridgehead atoms. The van der Waals surface area contributed by atoms with Gasteiger partial charge in [-0.3, -0.25) is 0 Å². The molecular weight excluding hydrogens is 292 g/mol. The highest BCUT2D eigenvalue weighted by Gasteiger charge is 2.29. The molecule has 1 aliphatic heterocycles. The van der Waals surface area contributed by atoms with E-state index in [0.29, 0.717) is 6.54 Å². The number of sulfonamides is 1. The van der Waals surface area contributed by atoms with Crippen molar-refractivity contribution < 1.29 is 8.42 Å². The van der Waals surface area contributed by atoms with E-state index in [1.54, 1.807) is 4.31 Å². The minimum atomic E-state index is -3.21. The van der Waals surface area contributed by atoms with Crippen molar-refractivity contribution >= 4 is 21.8 Å². The van der Waals surface area contributed by atoms with Gasteiger partial charge in [-0.05, 0) is 25.1 Å². The monoisotopic (exact) mass is 314 g/mol. The summed E-state index contributed by atoms with van der Waals surface area (Å²) in [6, 6.07) is 7.89. The normalized spacial score (nSPS) is 21.0. The Balaban J connectivity index is 2.07. The molecule has 0 aliphatic carbocycles. The number of benzene rings is 1. The van der Waals surface area contributed by atoms with E-state index in [2.05, 4.69) is 5.32 Å². The molecule has 1 aliphatic rings. The Kier molecular flexibility index (Phi) is 5.49. The van der Waals surface area contributed by atoms with Crippen LogP contribution in [-0.2, 0) is 22.3 Å². The third-order valence-electron chi connectivity index (χ3n) is 3.42. The quantitative estimate of drug-likeness (QED) is 0.898. The van der Waals surface area contributed by atoms with Crippen LogP contribution in [0.5, 0.6) is 0 Å². The van der Waals surface area contributed by atoms with Gasteiger partial charge in [-0.25, -0.2) is 8.42 Å². The van der Waals surface area contributed by atoms with E-state index < -0.39 is 10.0 Å². The molecule has 0 spiro atoms. The lowest BCUT2D eigenvalue weighted by molar-refractivity contribution is 0.367. The number of nitrogens with one attached hydrogen (secondary N) is 1. The number of hydrogen-bond acceptors (Lipinski definition) is 4. The minimum absolute atomic E-state index is 0.0990. The summed E-state index contributed by atoms with van der Waals surface area (Å²) in [7, 11) is -1.31. The largest absolute Gasteiger partial charge is 0.316 e. The van der Waals surface area contributed by atoms with Gasteiger partial charge in [-0.15, -0.1) is 0 Å². The Morgan fingerprint density at radius 1 is 1.30 bits per heavy atom. The average molecular weight is 314 g/mol. The Morgan fingerprint density at radius 2 is 1.95 bits per heavy atom. The van der Waals surface area contributed by atoms with E-state index >= 15 is 0 Å². The van der Waals surface area contributed by atoms with Gasteiger partial charge in [-0.2, -0.15) is 16.1 Å². The average Bonchev–Trinajstić information content (AvgIpc) is 2.41. The molecule has 4 nitrogen and oxygen atoms in total. The fraction of sp³-hybridized carbons (Fsp3) is 0.571. The molecule has 1 heterocycles. The van der Waals surface area contributed by atoms with E-state index in [1.165, 1.54) is 0 Å². The summed E-state index contributed by atoms with van der Waals surface area (Å²) in [6.45, 7) is 3.42. The first-order valence-corrected chi connectivity index (χ1v) is 9.59. The molecule has 0 radical (unpaired) electrons. The molecule has 20 heavy (non-hydrogen) atoms. The van der Waals surface area contributed by atoms with E-state index in [1.807, 2.05) is 50.0 Å². The smallest absolute Gasteiger partial charge is 0.218 e. The molecule has 1 fully saturated rings. The fourth-order valence-electron chi connectivity index (χ4n) is 2.38. The lowest BCUT2D eigenvalue weighted by Gasteiger charge is -2.32. The highest BCUT2D eigenvalue weighted by Crippen LogP contribution is 2.22. The maximum Gasteiger partial charge on any atom is 0.218 e. The van der Waals surface area contributed by atoms with Crippen molar-refractivity contribution in [3.05, 3.63) is 35.4 Å². The fourth-order valence-corrected chi connectivity index (χ4v) is 5.37. The summed E-state index contributed by atoms with van der Waals surface area (Å²) in [5.41, 5.74) is 2.02. The Labute approximate surface area is 126 Å². The van der Waals surface area contributed by atoms with Gasteiger partial charge in [0, 0.05) is 30.6 Å². The number of hydrogen-bond donors (Lipinski definition) is 1. The van der Waals surface area contributed by atoms with Gasteiger partial charge >= 0.3 is 0 Å². The van der Waals surface area contributed by atoms with Gasteiger partial charge in [-0.1, -0.05) is 24.3 Å². The maximum atomic E-state index is 12.5. The third-order valence-corrected chi connectivity index (χ3v) is 6.56. The van der Waals surface area contributed by atoms with E-state index in [9.17, 15) is 8.42 Å². The van der Waals surface area contributed by atoms with Crippen LogP contribution >= 0.6 is 11.8 Å². The van der Waals surface area contributed by atoms with Gasteiger partial charge in [0.15, 0.2) is 0 Å². The van der Waals surface area contributed by atoms with Crippen LogP contribution in [0, 0.1) is 0 Å². The summed E-state index contributed by atoms with van der Waals surface area (Å²) in [6.07, 6.45) is 0. The van der Waals surface area contributed by atoms with Crippen LogP contribution in [0.15, 0.2) is 24.3 Å². The molecule has 0 aromatic heterocycles. The second-order valence-corrected chi connectivity index (χ2v) is 8.21. The van der Waals surface area contributed by atoms with Crippen LogP contribution < -0.4 is 5.32 Å². The first kappa shape index (κ1) is 15.8. The van der Waals surface area contributed by atoms with Crippen molar-refractivity contribution in [2.75, 3.05) is 25.1 Å². The summed E-state index contributed by atoms with van der Waals surface area (Å²) < 4.78 is 26.6. The topological polar surface area (TPSA) is 49.4 Å². The van der Waals surface area contributed by atoms with Crippen molar-refractivity contribution in [2.24, 2.45) is 0 Å². The molecule has 1 unspecified atom stereocenters. The van der Waals surface area contributed by atoms with Crippen LogP contribution in [-0.4, -0.2) is 43.9 Å². The lowest BCUT2D eigenvalue weighted by Crippen LogP contribution is -2.44. The Bertz CT molecular complexity index is 529. The van der Waals surface area contributed by atoms with Gasteiger partial charge in [0.2, 0.25) is 10.0 Å². The van der Waals surface area contributed by atoms with E-state index in [0.717, 1.165) is 29.2 Å². The molecule has 6 heteroatoms. The molecule has 2 rings (SSSR count). The highest BCUT2D eigenvalue weighted by atomic mass is 32.2. The molecule has 112 valence electrons. The molecule has 1 aromatic rings. The lowest BCUT2D eigenvalue weighted by atomic mass is 10.1. The first-order valence-electron chi connectivity index (χ1n) is 6.82. The predicted molar refractivity (Wildman–Crippen MR) is 85.3 cm³/mol. The maximum absolute atomic E-state index is 12.5. The van der Waals surface area contributed by atoms with Gasteiger partial charge < -0.3 is 5.32 Å². The van der Waals surface area contributed by atoms with E-state index in [-0.39, 0.29) is 11.8 Å². The van der Waals surface area contributed by atoms with Crippen LogP contribution in [0.4, 0.5) is 0 Å². The van der Waals surface area contributed by atoms with Crippen LogP contribution in [0.25, 0.3) is 0 Å². The molecule has 1 N–H and O–H groups in total. The zero-order chi connectivity index (χ0) is 14.6. The highest BCUT2D eigenvalue weighted by molar-refractivity contribution is 7.99. The molecular formula is C14H22N2O2S2. The Hall–Kier alpha value is -0.560. The zero-order valence-electron chi connectivity index (χ0n) is 12.0. The van der Waals surface area contributed by atoms with Crippen molar-refractivity contribution in [1.82, 2.24) is 9.62 Å². The SMILES string of the molecule is CNCc1ccc(CS(=O)(=O)N2CCSCC2C)cc1.